The standard InChI is InChI=1S/C40H43N5O5S/c1-26-21-32(36(41-23-26)44-24-40(25-44)16-19-49-20-17-40)37(46)42-29-13-11-27(12-14-29)38(47)45-18-15-28-22-34(43-39(48)50-30-7-3-2-4-8-30)51-35(28)31-9-5-6-10-33(31)45/h5-6,9-14,21-23,30H,2-4,7-8,15-20,24-25H2,1H3,(H,42,46)(H,43,48). The summed E-state index contributed by atoms with van der Waals surface area (Å²) in [7, 11) is 0. The predicted molar refractivity (Wildman–Crippen MR) is 200 cm³/mol. The highest BCUT2D eigenvalue weighted by Gasteiger charge is 2.45. The van der Waals surface area contributed by atoms with Crippen LogP contribution in [0.4, 0.5) is 27.0 Å². The lowest BCUT2D eigenvalue weighted by Crippen LogP contribution is -2.59. The molecule has 1 saturated carbocycles. The first-order chi connectivity index (χ1) is 24.8. The van der Waals surface area contributed by atoms with Crippen molar-refractivity contribution in [3.63, 3.8) is 0 Å². The molecule has 10 nitrogen and oxygen atoms in total. The minimum atomic E-state index is -0.404. The van der Waals surface area contributed by atoms with Crippen LogP contribution in [0.15, 0.2) is 66.9 Å². The second-order valence-corrected chi connectivity index (χ2v) is 15.4. The highest BCUT2D eigenvalue weighted by molar-refractivity contribution is 7.19. The number of amides is 3. The number of aromatic nitrogens is 1. The molecule has 4 aliphatic rings. The SMILES string of the molecule is Cc1cnc(N2CC3(CCOCC3)C2)c(C(=O)Nc2ccc(C(=O)N3CCc4cc(NC(=O)OC5CCCCC5)sc4-c4ccccc43)cc2)c1. The summed E-state index contributed by atoms with van der Waals surface area (Å²) in [6, 6.07) is 18.9. The lowest BCUT2D eigenvalue weighted by Gasteiger charge is -2.53. The number of rotatable bonds is 6. The van der Waals surface area contributed by atoms with Crippen LogP contribution in [0.3, 0.4) is 0 Å². The van der Waals surface area contributed by atoms with Gasteiger partial charge >= 0.3 is 6.09 Å². The zero-order chi connectivity index (χ0) is 35.0. The smallest absolute Gasteiger partial charge is 0.412 e. The van der Waals surface area contributed by atoms with Crippen LogP contribution in [0.2, 0.25) is 0 Å². The fourth-order valence-corrected chi connectivity index (χ4v) is 9.03. The molecular formula is C40H43N5O5S. The summed E-state index contributed by atoms with van der Waals surface area (Å²) >= 11 is 1.51. The Hall–Kier alpha value is -4.74. The fraction of sp³-hybridized carbons (Fsp3) is 0.400. The van der Waals surface area contributed by atoms with Crippen molar-refractivity contribution in [3.8, 4) is 10.4 Å². The number of nitrogens with zero attached hydrogens (tertiary/aromatic N) is 3. The second kappa shape index (κ2) is 14.1. The van der Waals surface area contributed by atoms with E-state index < -0.39 is 6.09 Å². The number of nitrogens with one attached hydrogen (secondary N) is 2. The van der Waals surface area contributed by atoms with Gasteiger partial charge in [0.05, 0.1) is 16.3 Å². The molecule has 0 atom stereocenters. The van der Waals surface area contributed by atoms with Crippen LogP contribution in [0.1, 0.15) is 76.8 Å². The fourth-order valence-electron chi connectivity index (χ4n) is 7.90. The average Bonchev–Trinajstić information content (AvgIpc) is 3.46. The van der Waals surface area contributed by atoms with Gasteiger partial charge in [0, 0.05) is 66.2 Å². The van der Waals surface area contributed by atoms with Gasteiger partial charge in [0.25, 0.3) is 11.8 Å². The number of anilines is 4. The molecule has 2 saturated heterocycles. The molecule has 0 unspecified atom stereocenters. The molecule has 0 radical (unpaired) electrons. The molecule has 3 fully saturated rings. The Kier molecular flexibility index (Phi) is 9.24. The van der Waals surface area contributed by atoms with Crippen molar-refractivity contribution < 1.29 is 23.9 Å². The Bertz CT molecular complexity index is 1940. The van der Waals surface area contributed by atoms with Gasteiger partial charge in [-0.05, 0) is 105 Å². The molecule has 2 N–H and O–H groups in total. The normalized spacial score (nSPS) is 18.2. The number of benzene rings is 2. The number of carbonyl (C=O) groups is 3. The average molecular weight is 706 g/mol. The summed E-state index contributed by atoms with van der Waals surface area (Å²) in [5.41, 5.74) is 5.71. The van der Waals surface area contributed by atoms with Crippen LogP contribution < -0.4 is 20.4 Å². The third kappa shape index (κ3) is 6.97. The summed E-state index contributed by atoms with van der Waals surface area (Å²) in [5.74, 6) is 0.365. The summed E-state index contributed by atoms with van der Waals surface area (Å²) in [6.07, 6.45) is 9.35. The van der Waals surface area contributed by atoms with Crippen LogP contribution in [-0.4, -0.2) is 61.8 Å². The van der Waals surface area contributed by atoms with E-state index in [4.69, 9.17) is 9.47 Å². The number of hydrogen-bond donors (Lipinski definition) is 2. The lowest BCUT2D eigenvalue weighted by atomic mass is 9.73. The van der Waals surface area contributed by atoms with E-state index in [1.807, 2.05) is 54.4 Å². The first-order valence-electron chi connectivity index (χ1n) is 18.1. The van der Waals surface area contributed by atoms with Crippen molar-refractivity contribution in [1.29, 1.82) is 0 Å². The first kappa shape index (κ1) is 33.4. The number of pyridine rings is 1. The van der Waals surface area contributed by atoms with Gasteiger partial charge in [-0.1, -0.05) is 24.6 Å². The van der Waals surface area contributed by atoms with E-state index in [0.29, 0.717) is 35.6 Å². The number of aryl methyl sites for hydroxylation is 1. The molecule has 8 rings (SSSR count). The zero-order valence-electron chi connectivity index (χ0n) is 28.9. The maximum atomic E-state index is 14.0. The van der Waals surface area contributed by atoms with Crippen molar-refractivity contribution in [2.75, 3.05) is 53.3 Å². The predicted octanol–water partition coefficient (Wildman–Crippen LogP) is 8.07. The summed E-state index contributed by atoms with van der Waals surface area (Å²) in [4.78, 5) is 50.0. The minimum Gasteiger partial charge on any atom is -0.446 e. The third-order valence-electron chi connectivity index (χ3n) is 10.7. The molecule has 4 aromatic rings. The summed E-state index contributed by atoms with van der Waals surface area (Å²) < 4.78 is 11.3. The molecule has 5 heterocycles. The highest BCUT2D eigenvalue weighted by Crippen LogP contribution is 2.44. The van der Waals surface area contributed by atoms with Crippen molar-refractivity contribution in [2.45, 2.75) is 64.4 Å². The second-order valence-electron chi connectivity index (χ2n) is 14.4. The Morgan fingerprint density at radius 3 is 2.51 bits per heavy atom. The van der Waals surface area contributed by atoms with E-state index in [0.717, 1.165) is 97.1 Å². The van der Waals surface area contributed by atoms with E-state index in [1.165, 1.54) is 17.8 Å². The van der Waals surface area contributed by atoms with Gasteiger partial charge in [0.1, 0.15) is 11.9 Å². The zero-order valence-corrected chi connectivity index (χ0v) is 29.7. The lowest BCUT2D eigenvalue weighted by molar-refractivity contribution is -0.000511. The van der Waals surface area contributed by atoms with Gasteiger partial charge in [0.15, 0.2) is 0 Å². The van der Waals surface area contributed by atoms with Gasteiger partial charge in [-0.25, -0.2) is 9.78 Å². The third-order valence-corrected chi connectivity index (χ3v) is 11.8. The molecule has 3 aliphatic heterocycles. The number of fused-ring (bicyclic) bond motifs is 3. The molecule has 1 aliphatic carbocycles. The number of ether oxygens (including phenoxy) is 2. The van der Waals surface area contributed by atoms with Gasteiger partial charge < -0.3 is 24.6 Å². The van der Waals surface area contributed by atoms with E-state index in [9.17, 15) is 14.4 Å². The molecule has 2 aromatic carbocycles. The number of para-hydroxylation sites is 1. The number of carbonyl (C=O) groups excluding carboxylic acids is 3. The van der Waals surface area contributed by atoms with Crippen LogP contribution in [0.25, 0.3) is 10.4 Å². The van der Waals surface area contributed by atoms with Crippen LogP contribution >= 0.6 is 11.3 Å². The van der Waals surface area contributed by atoms with Gasteiger partial charge in [0.2, 0.25) is 0 Å². The molecule has 264 valence electrons. The number of thiophene rings is 1. The van der Waals surface area contributed by atoms with Gasteiger partial charge in [-0.3, -0.25) is 14.9 Å². The molecular weight excluding hydrogens is 663 g/mol. The summed E-state index contributed by atoms with van der Waals surface area (Å²) in [5, 5.41) is 6.73. The van der Waals surface area contributed by atoms with E-state index in [2.05, 4.69) is 20.5 Å². The topological polar surface area (TPSA) is 113 Å². The van der Waals surface area contributed by atoms with Crippen molar-refractivity contribution in [2.24, 2.45) is 5.41 Å². The molecule has 1 spiro atoms. The highest BCUT2D eigenvalue weighted by atomic mass is 32.1. The van der Waals surface area contributed by atoms with Crippen LogP contribution in [-0.2, 0) is 15.9 Å². The van der Waals surface area contributed by atoms with E-state index in [-0.39, 0.29) is 23.3 Å². The van der Waals surface area contributed by atoms with Crippen LogP contribution in [0.5, 0.6) is 0 Å². The summed E-state index contributed by atoms with van der Waals surface area (Å²) in [6.45, 7) is 5.76. The van der Waals surface area contributed by atoms with Gasteiger partial charge in [-0.2, -0.15) is 0 Å². The first-order valence-corrected chi connectivity index (χ1v) is 18.9. The van der Waals surface area contributed by atoms with Gasteiger partial charge in [-0.15, -0.1) is 11.3 Å². The maximum Gasteiger partial charge on any atom is 0.412 e. The van der Waals surface area contributed by atoms with E-state index in [1.54, 1.807) is 24.3 Å². The van der Waals surface area contributed by atoms with Crippen molar-refractivity contribution in [1.82, 2.24) is 4.98 Å². The molecule has 3 amide bonds. The Labute approximate surface area is 302 Å². The van der Waals surface area contributed by atoms with Crippen molar-refractivity contribution >= 4 is 51.4 Å². The van der Waals surface area contributed by atoms with Crippen LogP contribution in [0, 0.1) is 12.3 Å². The number of hydrogen-bond acceptors (Lipinski definition) is 8. The minimum absolute atomic E-state index is 0.0129. The van der Waals surface area contributed by atoms with Crippen molar-refractivity contribution in [3.05, 3.63) is 89.1 Å². The Morgan fingerprint density at radius 1 is 0.961 bits per heavy atom. The quantitative estimate of drug-likeness (QED) is 0.209. The Balaban J connectivity index is 0.945. The largest absolute Gasteiger partial charge is 0.446 e. The molecule has 11 heteroatoms. The Morgan fingerprint density at radius 2 is 1.73 bits per heavy atom. The molecule has 0 bridgehead atoms. The molecule has 51 heavy (non-hydrogen) atoms. The maximum absolute atomic E-state index is 14.0. The monoisotopic (exact) mass is 705 g/mol. The molecule has 2 aromatic heterocycles. The van der Waals surface area contributed by atoms with E-state index >= 15 is 0 Å².